The van der Waals surface area contributed by atoms with Crippen LogP contribution in [0.4, 0.5) is 0 Å². The number of aromatic nitrogens is 1. The zero-order chi connectivity index (χ0) is 18.5. The van der Waals surface area contributed by atoms with Crippen molar-refractivity contribution in [2.24, 2.45) is 4.99 Å². The third kappa shape index (κ3) is 3.17. The molecule has 1 unspecified atom stereocenters. The molecular weight excluding hydrogens is 320 g/mol. The Hall–Kier alpha value is -1.54. The SMILES string of the molecule is CCC1(CC)C(N(CCO)CCO)=NC(CC)(c2ccncc2)N1[O]. The minimum absolute atomic E-state index is 0.0598. The summed E-state index contributed by atoms with van der Waals surface area (Å²) < 4.78 is 0. The van der Waals surface area contributed by atoms with E-state index in [1.807, 2.05) is 37.8 Å². The molecular formula is C18H29N4O3. The lowest BCUT2D eigenvalue weighted by atomic mass is 9.88. The summed E-state index contributed by atoms with van der Waals surface area (Å²) in [6, 6.07) is 3.67. The zero-order valence-electron chi connectivity index (χ0n) is 15.4. The minimum atomic E-state index is -1.01. The van der Waals surface area contributed by atoms with Gasteiger partial charge in [-0.2, -0.15) is 0 Å². The second kappa shape index (κ2) is 8.23. The maximum absolute atomic E-state index is 13.6. The first-order valence-electron chi connectivity index (χ1n) is 9.01. The number of nitrogens with zero attached hydrogens (tertiary/aromatic N) is 4. The third-order valence-corrected chi connectivity index (χ3v) is 5.28. The number of aliphatic hydroxyl groups excluding tert-OH is 2. The molecule has 1 aliphatic rings. The number of hydrogen-bond acceptors (Lipinski definition) is 6. The normalized spacial score (nSPS) is 22.9. The van der Waals surface area contributed by atoms with E-state index in [4.69, 9.17) is 4.99 Å². The Balaban J connectivity index is 2.63. The van der Waals surface area contributed by atoms with Crippen LogP contribution in [0.2, 0.25) is 0 Å². The van der Waals surface area contributed by atoms with Gasteiger partial charge in [-0.1, -0.05) is 20.8 Å². The minimum Gasteiger partial charge on any atom is -0.395 e. The van der Waals surface area contributed by atoms with E-state index in [1.165, 1.54) is 0 Å². The summed E-state index contributed by atoms with van der Waals surface area (Å²) in [5, 5.41) is 33.6. The molecule has 2 heterocycles. The molecule has 7 nitrogen and oxygen atoms in total. The third-order valence-electron chi connectivity index (χ3n) is 5.28. The Bertz CT molecular complexity index is 571. The molecule has 139 valence electrons. The van der Waals surface area contributed by atoms with Crippen LogP contribution < -0.4 is 0 Å². The number of hydrogen-bond donors (Lipinski definition) is 2. The average molecular weight is 349 g/mol. The summed E-state index contributed by atoms with van der Waals surface area (Å²) >= 11 is 0. The second-order valence-electron chi connectivity index (χ2n) is 6.31. The van der Waals surface area contributed by atoms with E-state index in [0.717, 1.165) is 10.6 Å². The highest BCUT2D eigenvalue weighted by molar-refractivity contribution is 5.93. The smallest absolute Gasteiger partial charge is 0.166 e. The molecule has 2 N–H and O–H groups in total. The van der Waals surface area contributed by atoms with Crippen LogP contribution in [0.15, 0.2) is 29.5 Å². The number of hydroxylamine groups is 2. The van der Waals surface area contributed by atoms with Crippen LogP contribution >= 0.6 is 0 Å². The highest BCUT2D eigenvalue weighted by Gasteiger charge is 2.58. The molecule has 0 aliphatic carbocycles. The molecule has 1 atom stereocenters. The van der Waals surface area contributed by atoms with Crippen LogP contribution in [0.1, 0.15) is 45.6 Å². The van der Waals surface area contributed by atoms with Crippen LogP contribution in [-0.4, -0.2) is 62.8 Å². The van der Waals surface area contributed by atoms with Crippen molar-refractivity contribution in [1.82, 2.24) is 14.9 Å². The summed E-state index contributed by atoms with van der Waals surface area (Å²) in [6.45, 7) is 6.48. The van der Waals surface area contributed by atoms with Crippen molar-refractivity contribution >= 4 is 5.84 Å². The fraction of sp³-hybridized carbons (Fsp3) is 0.667. The molecule has 0 fully saturated rings. The molecule has 1 aromatic heterocycles. The first-order chi connectivity index (χ1) is 12.1. The standard InChI is InChI=1S/C18H29N4O3/c1-4-17(5-2)16(21(11-13-23)12-14-24)20-18(6-3,22(17)25)15-7-9-19-10-8-15/h7-10,23-24H,4-6,11-14H2,1-3H3. The van der Waals surface area contributed by atoms with Gasteiger partial charge in [-0.3, -0.25) is 4.98 Å². The van der Waals surface area contributed by atoms with E-state index in [0.29, 0.717) is 38.2 Å². The van der Waals surface area contributed by atoms with E-state index in [1.54, 1.807) is 12.4 Å². The van der Waals surface area contributed by atoms with Gasteiger partial charge in [0.2, 0.25) is 0 Å². The van der Waals surface area contributed by atoms with Gasteiger partial charge in [0.25, 0.3) is 0 Å². The van der Waals surface area contributed by atoms with Gasteiger partial charge in [-0.15, -0.1) is 10.3 Å². The molecule has 1 radical (unpaired) electrons. The van der Waals surface area contributed by atoms with E-state index in [2.05, 4.69) is 4.98 Å². The fourth-order valence-corrected chi connectivity index (χ4v) is 3.78. The molecule has 0 spiro atoms. The molecule has 2 rings (SSSR count). The molecule has 0 bridgehead atoms. The predicted octanol–water partition coefficient (Wildman–Crippen LogP) is 1.55. The van der Waals surface area contributed by atoms with Gasteiger partial charge in [0.1, 0.15) is 11.4 Å². The Morgan fingerprint density at radius 1 is 1.04 bits per heavy atom. The summed E-state index contributed by atoms with van der Waals surface area (Å²) in [5.74, 6) is 0.661. The van der Waals surface area contributed by atoms with Crippen LogP contribution in [0.5, 0.6) is 0 Å². The lowest BCUT2D eigenvalue weighted by Crippen LogP contribution is -2.57. The van der Waals surface area contributed by atoms with Gasteiger partial charge in [0.15, 0.2) is 5.66 Å². The van der Waals surface area contributed by atoms with E-state index >= 15 is 0 Å². The topological polar surface area (TPSA) is 92.1 Å². The number of aliphatic hydroxyl groups is 2. The Labute approximate surface area is 149 Å². The quantitative estimate of drug-likeness (QED) is 0.743. The number of rotatable bonds is 8. The van der Waals surface area contributed by atoms with Crippen LogP contribution in [0.25, 0.3) is 0 Å². The fourth-order valence-electron chi connectivity index (χ4n) is 3.78. The first kappa shape index (κ1) is 19.8. The largest absolute Gasteiger partial charge is 0.395 e. The van der Waals surface area contributed by atoms with Gasteiger partial charge < -0.3 is 15.1 Å². The number of aliphatic imine (C=N–C) groups is 1. The molecule has 7 heteroatoms. The van der Waals surface area contributed by atoms with E-state index in [9.17, 15) is 15.4 Å². The summed E-state index contributed by atoms with van der Waals surface area (Å²) in [6.07, 6.45) is 5.08. The molecule has 0 amide bonds. The predicted molar refractivity (Wildman–Crippen MR) is 95.2 cm³/mol. The van der Waals surface area contributed by atoms with Crippen molar-refractivity contribution in [2.45, 2.75) is 51.2 Å². The van der Waals surface area contributed by atoms with Gasteiger partial charge in [-0.25, -0.2) is 4.99 Å². The Kier molecular flexibility index (Phi) is 6.51. The van der Waals surface area contributed by atoms with Crippen molar-refractivity contribution < 1.29 is 15.4 Å². The van der Waals surface area contributed by atoms with Crippen molar-refractivity contribution in [2.75, 3.05) is 26.3 Å². The van der Waals surface area contributed by atoms with Crippen LogP contribution in [-0.2, 0) is 10.9 Å². The Morgan fingerprint density at radius 3 is 2.04 bits per heavy atom. The lowest BCUT2D eigenvalue weighted by Gasteiger charge is -2.41. The summed E-state index contributed by atoms with van der Waals surface area (Å²) in [7, 11) is 0. The van der Waals surface area contributed by atoms with Crippen molar-refractivity contribution in [3.8, 4) is 0 Å². The van der Waals surface area contributed by atoms with Crippen molar-refractivity contribution in [1.29, 1.82) is 0 Å². The number of pyridine rings is 1. The van der Waals surface area contributed by atoms with Crippen molar-refractivity contribution in [3.63, 3.8) is 0 Å². The van der Waals surface area contributed by atoms with E-state index in [-0.39, 0.29) is 13.2 Å². The first-order valence-corrected chi connectivity index (χ1v) is 9.01. The van der Waals surface area contributed by atoms with Crippen LogP contribution in [0.3, 0.4) is 0 Å². The maximum atomic E-state index is 13.6. The van der Waals surface area contributed by atoms with Gasteiger partial charge in [0, 0.05) is 25.5 Å². The molecule has 1 aromatic rings. The van der Waals surface area contributed by atoms with Crippen molar-refractivity contribution in [3.05, 3.63) is 30.1 Å². The van der Waals surface area contributed by atoms with Crippen LogP contribution in [0, 0.1) is 0 Å². The lowest BCUT2D eigenvalue weighted by molar-refractivity contribution is -0.265. The Morgan fingerprint density at radius 2 is 1.60 bits per heavy atom. The highest BCUT2D eigenvalue weighted by atomic mass is 16.5. The molecule has 1 aliphatic heterocycles. The summed E-state index contributed by atoms with van der Waals surface area (Å²) in [5.41, 5.74) is -0.967. The van der Waals surface area contributed by atoms with Gasteiger partial charge in [-0.05, 0) is 37.0 Å². The maximum Gasteiger partial charge on any atom is 0.166 e. The monoisotopic (exact) mass is 349 g/mol. The van der Waals surface area contributed by atoms with Gasteiger partial charge in [0.05, 0.1) is 13.2 Å². The van der Waals surface area contributed by atoms with Gasteiger partial charge >= 0.3 is 0 Å². The average Bonchev–Trinajstić information content (AvgIpc) is 2.92. The molecule has 0 saturated heterocycles. The highest BCUT2D eigenvalue weighted by Crippen LogP contribution is 2.47. The van der Waals surface area contributed by atoms with E-state index < -0.39 is 11.2 Å². The molecule has 0 saturated carbocycles. The summed E-state index contributed by atoms with van der Waals surface area (Å²) in [4.78, 5) is 10.8. The zero-order valence-corrected chi connectivity index (χ0v) is 15.4. The molecule has 25 heavy (non-hydrogen) atoms. The molecule has 0 aromatic carbocycles. The number of amidine groups is 1. The second-order valence-corrected chi connectivity index (χ2v) is 6.31.